The van der Waals surface area contributed by atoms with Crippen LogP contribution < -0.4 is 5.32 Å². The number of nitrogens with zero attached hydrogens (tertiary/aromatic N) is 2. The quantitative estimate of drug-likeness (QED) is 0.930. The first-order valence-electron chi connectivity index (χ1n) is 7.23. The molecule has 2 aliphatic rings. The maximum absolute atomic E-state index is 9.32. The molecule has 1 saturated heterocycles. The van der Waals surface area contributed by atoms with Crippen LogP contribution >= 0.6 is 23.5 Å². The van der Waals surface area contributed by atoms with Crippen LogP contribution in [-0.2, 0) is 12.8 Å². The summed E-state index contributed by atoms with van der Waals surface area (Å²) in [6, 6.07) is 4.34. The molecule has 1 N–H and O–H groups in total. The highest BCUT2D eigenvalue weighted by atomic mass is 32.2. The molecule has 0 aromatic carbocycles. The monoisotopic (exact) mass is 305 g/mol. The third-order valence-corrected chi connectivity index (χ3v) is 6.65. The van der Waals surface area contributed by atoms with Crippen LogP contribution in [0.3, 0.4) is 0 Å². The summed E-state index contributed by atoms with van der Waals surface area (Å²) in [5, 5.41) is 13.4. The molecule has 20 heavy (non-hydrogen) atoms. The topological polar surface area (TPSA) is 48.7 Å². The van der Waals surface area contributed by atoms with E-state index in [1.54, 1.807) is 0 Å². The number of rotatable bonds is 3. The average molecular weight is 305 g/mol. The van der Waals surface area contributed by atoms with E-state index in [2.05, 4.69) is 11.4 Å². The summed E-state index contributed by atoms with van der Waals surface area (Å²) in [7, 11) is 0. The minimum absolute atomic E-state index is 0.637. The van der Waals surface area contributed by atoms with Crippen molar-refractivity contribution in [1.82, 2.24) is 4.98 Å². The predicted molar refractivity (Wildman–Crippen MR) is 87.7 cm³/mol. The Hall–Kier alpha value is -0.860. The normalized spacial score (nSPS) is 21.9. The van der Waals surface area contributed by atoms with Gasteiger partial charge in [-0.2, -0.15) is 28.8 Å². The summed E-state index contributed by atoms with van der Waals surface area (Å²) in [5.74, 6) is 4.50. The Morgan fingerprint density at radius 1 is 1.35 bits per heavy atom. The van der Waals surface area contributed by atoms with Crippen LogP contribution in [-0.4, -0.2) is 34.0 Å². The molecule has 3 rings (SSSR count). The van der Waals surface area contributed by atoms with Crippen LogP contribution in [0.4, 0.5) is 5.82 Å². The number of thioether (sulfide) groups is 2. The van der Waals surface area contributed by atoms with Gasteiger partial charge in [0.05, 0.1) is 5.56 Å². The molecule has 1 aromatic rings. The Bertz CT molecular complexity index is 519. The number of fused-ring (bicyclic) bond motifs is 1. The smallest absolute Gasteiger partial charge is 0.144 e. The summed E-state index contributed by atoms with van der Waals surface area (Å²) in [6.45, 7) is 0.915. The Kier molecular flexibility index (Phi) is 4.74. The van der Waals surface area contributed by atoms with Crippen LogP contribution in [0.2, 0.25) is 0 Å². The predicted octanol–water partition coefficient (Wildman–Crippen LogP) is 3.09. The lowest BCUT2D eigenvalue weighted by Gasteiger charge is -2.22. The fourth-order valence-corrected chi connectivity index (χ4v) is 5.33. The van der Waals surface area contributed by atoms with E-state index in [0.29, 0.717) is 10.8 Å². The first kappa shape index (κ1) is 14.1. The van der Waals surface area contributed by atoms with Crippen LogP contribution in [0.15, 0.2) is 6.07 Å². The fourth-order valence-electron chi connectivity index (χ4n) is 2.72. The molecule has 106 valence electrons. The molecule has 3 nitrogen and oxygen atoms in total. The van der Waals surface area contributed by atoms with Crippen LogP contribution in [0.5, 0.6) is 0 Å². The van der Waals surface area contributed by atoms with Crippen molar-refractivity contribution in [3.05, 3.63) is 22.9 Å². The van der Waals surface area contributed by atoms with E-state index in [-0.39, 0.29) is 0 Å². The van der Waals surface area contributed by atoms with Gasteiger partial charge in [-0.15, -0.1) is 0 Å². The van der Waals surface area contributed by atoms with Gasteiger partial charge in [-0.1, -0.05) is 0 Å². The van der Waals surface area contributed by atoms with E-state index in [1.165, 1.54) is 41.4 Å². The van der Waals surface area contributed by atoms with E-state index in [9.17, 15) is 5.26 Å². The molecule has 1 aliphatic heterocycles. The second-order valence-electron chi connectivity index (χ2n) is 5.26. The second-order valence-corrected chi connectivity index (χ2v) is 7.82. The molecule has 0 bridgehead atoms. The number of pyridine rings is 1. The maximum atomic E-state index is 9.32. The fraction of sp³-hybridized carbons (Fsp3) is 0.600. The number of hydrogen-bond acceptors (Lipinski definition) is 5. The second kappa shape index (κ2) is 6.73. The molecule has 0 saturated carbocycles. The lowest BCUT2D eigenvalue weighted by Crippen LogP contribution is -2.24. The van der Waals surface area contributed by atoms with Gasteiger partial charge in [0.15, 0.2) is 0 Å². The number of anilines is 1. The van der Waals surface area contributed by atoms with E-state index in [4.69, 9.17) is 4.98 Å². The first-order valence-corrected chi connectivity index (χ1v) is 9.43. The highest BCUT2D eigenvalue weighted by Gasteiger charge is 2.17. The lowest BCUT2D eigenvalue weighted by atomic mass is 9.95. The van der Waals surface area contributed by atoms with E-state index < -0.39 is 0 Å². The van der Waals surface area contributed by atoms with Crippen LogP contribution in [0.1, 0.15) is 29.7 Å². The molecule has 0 radical (unpaired) electrons. The Morgan fingerprint density at radius 3 is 3.05 bits per heavy atom. The third-order valence-electron chi connectivity index (χ3n) is 3.80. The molecule has 1 aliphatic carbocycles. The summed E-state index contributed by atoms with van der Waals surface area (Å²) in [6.07, 6.45) is 4.58. The molecular weight excluding hydrogens is 286 g/mol. The van der Waals surface area contributed by atoms with Gasteiger partial charge in [0.25, 0.3) is 0 Å². The lowest BCUT2D eigenvalue weighted by molar-refractivity contribution is 0.668. The number of nitrogens with one attached hydrogen (secondary N) is 1. The van der Waals surface area contributed by atoms with Gasteiger partial charge in [-0.05, 0) is 37.3 Å². The zero-order valence-electron chi connectivity index (χ0n) is 11.5. The SMILES string of the molecule is N#Cc1cc2c(nc1NCC1CSCCS1)CCCC2. The number of nitriles is 1. The first-order chi connectivity index (χ1) is 9.86. The largest absolute Gasteiger partial charge is 0.368 e. The molecule has 2 heterocycles. The Balaban J connectivity index is 1.72. The summed E-state index contributed by atoms with van der Waals surface area (Å²) >= 11 is 4.06. The van der Waals surface area contributed by atoms with E-state index in [0.717, 1.165) is 25.2 Å². The van der Waals surface area contributed by atoms with Crippen molar-refractivity contribution in [2.45, 2.75) is 30.9 Å². The maximum Gasteiger partial charge on any atom is 0.144 e. The summed E-state index contributed by atoms with van der Waals surface area (Å²) < 4.78 is 0. The van der Waals surface area contributed by atoms with Gasteiger partial charge in [0.2, 0.25) is 0 Å². The molecule has 0 amide bonds. The standard InChI is InChI=1S/C15H19N3S2/c16-8-12-7-11-3-1-2-4-14(11)18-15(12)17-9-13-10-19-5-6-20-13/h7,13H,1-6,9-10H2,(H,17,18). The van der Waals surface area contributed by atoms with Crippen molar-refractivity contribution in [2.75, 3.05) is 29.1 Å². The number of aromatic nitrogens is 1. The Morgan fingerprint density at radius 2 is 2.25 bits per heavy atom. The average Bonchev–Trinajstić information content (AvgIpc) is 2.53. The number of aryl methyl sites for hydroxylation is 2. The Labute approximate surface area is 128 Å². The van der Waals surface area contributed by atoms with Crippen molar-refractivity contribution in [3.63, 3.8) is 0 Å². The summed E-state index contributed by atoms with van der Waals surface area (Å²) in [4.78, 5) is 4.72. The molecule has 5 heteroatoms. The highest BCUT2D eigenvalue weighted by molar-refractivity contribution is 8.06. The molecule has 1 fully saturated rings. The minimum atomic E-state index is 0.637. The van der Waals surface area contributed by atoms with Crippen molar-refractivity contribution in [1.29, 1.82) is 5.26 Å². The minimum Gasteiger partial charge on any atom is -0.368 e. The molecule has 1 aromatic heterocycles. The van der Waals surface area contributed by atoms with Crippen molar-refractivity contribution >= 4 is 29.3 Å². The van der Waals surface area contributed by atoms with Gasteiger partial charge in [-0.25, -0.2) is 4.98 Å². The molecule has 1 unspecified atom stereocenters. The van der Waals surface area contributed by atoms with Crippen LogP contribution in [0, 0.1) is 11.3 Å². The van der Waals surface area contributed by atoms with Gasteiger partial charge in [-0.3, -0.25) is 0 Å². The summed E-state index contributed by atoms with van der Waals surface area (Å²) in [5.41, 5.74) is 3.18. The molecular formula is C15H19N3S2. The van der Waals surface area contributed by atoms with E-state index >= 15 is 0 Å². The van der Waals surface area contributed by atoms with Gasteiger partial charge < -0.3 is 5.32 Å². The number of hydrogen-bond donors (Lipinski definition) is 1. The van der Waals surface area contributed by atoms with Crippen molar-refractivity contribution < 1.29 is 0 Å². The zero-order valence-corrected chi connectivity index (χ0v) is 13.2. The molecule has 0 spiro atoms. The van der Waals surface area contributed by atoms with Gasteiger partial charge in [0.1, 0.15) is 11.9 Å². The third kappa shape index (κ3) is 3.24. The zero-order chi connectivity index (χ0) is 13.8. The highest BCUT2D eigenvalue weighted by Crippen LogP contribution is 2.26. The van der Waals surface area contributed by atoms with Crippen molar-refractivity contribution in [2.24, 2.45) is 0 Å². The van der Waals surface area contributed by atoms with E-state index in [1.807, 2.05) is 29.6 Å². The molecule has 1 atom stereocenters. The van der Waals surface area contributed by atoms with Gasteiger partial charge >= 0.3 is 0 Å². The van der Waals surface area contributed by atoms with Gasteiger partial charge in [0, 0.05) is 34.7 Å². The van der Waals surface area contributed by atoms with Crippen molar-refractivity contribution in [3.8, 4) is 6.07 Å². The van der Waals surface area contributed by atoms with Crippen LogP contribution in [0.25, 0.3) is 0 Å².